The van der Waals surface area contributed by atoms with Gasteiger partial charge < -0.3 is 13.3 Å². The maximum Gasteiger partial charge on any atom is 0.350 e. The van der Waals surface area contributed by atoms with E-state index in [0.717, 1.165) is 13.0 Å². The molecule has 3 nitrogen and oxygen atoms in total. The van der Waals surface area contributed by atoms with Gasteiger partial charge in [-0.1, -0.05) is 75.2 Å². The topological polar surface area (TPSA) is 27.7 Å². The number of terminal acetylenes is 1. The summed E-state index contributed by atoms with van der Waals surface area (Å²) in [6, 6.07) is 0. The third-order valence-electron chi connectivity index (χ3n) is 6.48. The van der Waals surface area contributed by atoms with Crippen LogP contribution in [0.1, 0.15) is 75.7 Å². The molecule has 1 heterocycles. The molecule has 0 aromatic heterocycles. The Morgan fingerprint density at radius 2 is 1.44 bits per heavy atom. The summed E-state index contributed by atoms with van der Waals surface area (Å²) in [5, 5.41) is 0.0733. The molecule has 3 atom stereocenters. The Kier molecular flexibility index (Phi) is 7.33. The Labute approximate surface area is 171 Å². The van der Waals surface area contributed by atoms with Gasteiger partial charge in [0.05, 0.1) is 6.10 Å². The van der Waals surface area contributed by atoms with Gasteiger partial charge in [-0.15, -0.1) is 6.42 Å². The lowest BCUT2D eigenvalue weighted by atomic mass is 9.96. The van der Waals surface area contributed by atoms with Crippen LogP contribution in [0.15, 0.2) is 0 Å². The summed E-state index contributed by atoms with van der Waals surface area (Å²) in [7, 11) is -4.36. The first-order chi connectivity index (χ1) is 11.9. The molecule has 1 saturated heterocycles. The second-order valence-electron chi connectivity index (χ2n) is 11.7. The van der Waals surface area contributed by atoms with E-state index in [0.29, 0.717) is 0 Å². The summed E-state index contributed by atoms with van der Waals surface area (Å²) in [6.07, 6.45) is 6.64. The fourth-order valence-corrected chi connectivity index (χ4v) is 10.00. The lowest BCUT2D eigenvalue weighted by Gasteiger charge is -2.56. The zero-order chi connectivity index (χ0) is 21.5. The van der Waals surface area contributed by atoms with Crippen molar-refractivity contribution in [3.8, 4) is 12.3 Å². The van der Waals surface area contributed by atoms with E-state index in [-0.39, 0.29) is 33.2 Å². The van der Waals surface area contributed by atoms with Crippen LogP contribution in [0.25, 0.3) is 0 Å². The van der Waals surface area contributed by atoms with Crippen LogP contribution in [0.4, 0.5) is 0 Å². The third kappa shape index (κ3) is 5.08. The van der Waals surface area contributed by atoms with Crippen LogP contribution >= 0.6 is 0 Å². The summed E-state index contributed by atoms with van der Waals surface area (Å²) in [6.45, 7) is 27.7. The van der Waals surface area contributed by atoms with Crippen LogP contribution < -0.4 is 0 Å². The van der Waals surface area contributed by atoms with Crippen molar-refractivity contribution in [2.45, 2.75) is 116 Å². The molecule has 0 saturated carbocycles. The molecule has 0 radical (unpaired) electrons. The minimum Gasteiger partial charge on any atom is -0.417 e. The number of hydrogen-bond donors (Lipinski definition) is 0. The quantitative estimate of drug-likeness (QED) is 0.390. The maximum absolute atomic E-state index is 6.90. The molecule has 158 valence electrons. The van der Waals surface area contributed by atoms with Crippen LogP contribution in [0, 0.1) is 18.3 Å². The van der Waals surface area contributed by atoms with Gasteiger partial charge in [-0.3, -0.25) is 0 Å². The molecule has 0 aromatic carbocycles. The molecule has 0 amide bonds. The molecule has 5 heteroatoms. The fraction of sp³-hybridized carbons (Fsp3) is 0.909. The monoisotopic (exact) mass is 412 g/mol. The highest BCUT2D eigenvalue weighted by Gasteiger charge is 2.63. The van der Waals surface area contributed by atoms with Gasteiger partial charge in [0.1, 0.15) is 6.10 Å². The van der Waals surface area contributed by atoms with Crippen molar-refractivity contribution in [1.29, 1.82) is 0 Å². The Morgan fingerprint density at radius 1 is 0.963 bits per heavy atom. The van der Waals surface area contributed by atoms with Crippen LogP contribution in [0.5, 0.6) is 0 Å². The van der Waals surface area contributed by atoms with Crippen LogP contribution in [-0.2, 0) is 13.3 Å². The van der Waals surface area contributed by atoms with Gasteiger partial charge in [-0.25, -0.2) is 0 Å². The highest BCUT2D eigenvalue weighted by Crippen LogP contribution is 2.56. The lowest BCUT2D eigenvalue weighted by Crippen LogP contribution is -2.65. The van der Waals surface area contributed by atoms with Crippen molar-refractivity contribution in [3.05, 3.63) is 0 Å². The van der Waals surface area contributed by atoms with E-state index in [9.17, 15) is 0 Å². The Balaban J connectivity index is 3.08. The predicted molar refractivity (Wildman–Crippen MR) is 121 cm³/mol. The highest BCUT2D eigenvalue weighted by atomic mass is 28.4. The second kappa shape index (κ2) is 7.95. The molecule has 0 bridgehead atoms. The highest BCUT2D eigenvalue weighted by molar-refractivity contribution is 6.74. The summed E-state index contributed by atoms with van der Waals surface area (Å²) in [4.78, 5) is 0. The number of hydrogen-bond acceptors (Lipinski definition) is 3. The van der Waals surface area contributed by atoms with Gasteiger partial charge in [0.15, 0.2) is 8.32 Å². The van der Waals surface area contributed by atoms with Crippen LogP contribution in [-0.4, -0.2) is 35.7 Å². The smallest absolute Gasteiger partial charge is 0.350 e. The minimum atomic E-state index is -2.59. The molecule has 0 spiro atoms. The Morgan fingerprint density at radius 3 is 1.81 bits per heavy atom. The van der Waals surface area contributed by atoms with Crippen molar-refractivity contribution < 1.29 is 13.3 Å². The molecular formula is C22H44O3Si2. The van der Waals surface area contributed by atoms with Gasteiger partial charge >= 0.3 is 8.56 Å². The molecule has 0 aliphatic carbocycles. The Bertz CT molecular complexity index is 530. The summed E-state index contributed by atoms with van der Waals surface area (Å²) < 4.78 is 20.0. The van der Waals surface area contributed by atoms with E-state index in [1.54, 1.807) is 0 Å². The molecule has 27 heavy (non-hydrogen) atoms. The molecule has 1 aliphatic heterocycles. The largest absolute Gasteiger partial charge is 0.417 e. The molecule has 1 aliphatic rings. The summed E-state index contributed by atoms with van der Waals surface area (Å²) in [5.41, 5.74) is 0. The minimum absolute atomic E-state index is 0.0704. The zero-order valence-corrected chi connectivity index (χ0v) is 21.9. The van der Waals surface area contributed by atoms with E-state index < -0.39 is 16.9 Å². The average Bonchev–Trinajstić information content (AvgIpc) is 2.45. The summed E-state index contributed by atoms with van der Waals surface area (Å²) >= 11 is 0. The molecule has 1 fully saturated rings. The van der Waals surface area contributed by atoms with Crippen LogP contribution in [0.2, 0.25) is 28.2 Å². The van der Waals surface area contributed by atoms with E-state index in [1.165, 1.54) is 0 Å². The first-order valence-corrected chi connectivity index (χ1v) is 15.1. The van der Waals surface area contributed by atoms with Crippen molar-refractivity contribution in [1.82, 2.24) is 0 Å². The van der Waals surface area contributed by atoms with Crippen LogP contribution in [0.3, 0.4) is 0 Å². The number of rotatable bonds is 4. The van der Waals surface area contributed by atoms with E-state index in [1.807, 2.05) is 0 Å². The van der Waals surface area contributed by atoms with E-state index in [4.69, 9.17) is 19.7 Å². The van der Waals surface area contributed by atoms with Crippen molar-refractivity contribution in [3.63, 3.8) is 0 Å². The Hall–Kier alpha value is -0.126. The summed E-state index contributed by atoms with van der Waals surface area (Å²) in [5.74, 6) is 3.08. The lowest BCUT2D eigenvalue weighted by molar-refractivity contribution is -0.0514. The standard InChI is InChI=1S/C22H44O3Si2/c1-14-18-17(2)19(15-16-23-26(12,13)20(3,4)5)25-27(24-18,21(6,7)8)22(9,10)11/h1,17-19H,15-16H2,2-13H3/t17-,18+,19+/m1/s1. The van der Waals surface area contributed by atoms with Gasteiger partial charge in [0, 0.05) is 22.6 Å². The zero-order valence-electron chi connectivity index (χ0n) is 19.9. The van der Waals surface area contributed by atoms with Gasteiger partial charge in [0.2, 0.25) is 0 Å². The first-order valence-electron chi connectivity index (χ1n) is 10.4. The first kappa shape index (κ1) is 24.9. The molecule has 0 N–H and O–H groups in total. The third-order valence-corrected chi connectivity index (χ3v) is 16.2. The molecule has 0 aromatic rings. The predicted octanol–water partition coefficient (Wildman–Crippen LogP) is 6.49. The SMILES string of the molecule is C#C[C@@H]1O[Si](C(C)(C)C)(C(C)(C)C)O[C@@H](CCO[Si](C)(C)C(C)(C)C)[C@@H]1C. The second-order valence-corrected chi connectivity index (χ2v) is 21.2. The van der Waals surface area contributed by atoms with Gasteiger partial charge in [0.25, 0.3) is 0 Å². The normalized spacial score (nSPS) is 27.3. The molecular weight excluding hydrogens is 368 g/mol. The maximum atomic E-state index is 6.90. The van der Waals surface area contributed by atoms with Crippen molar-refractivity contribution in [2.75, 3.05) is 6.61 Å². The fourth-order valence-electron chi connectivity index (χ4n) is 3.82. The van der Waals surface area contributed by atoms with E-state index >= 15 is 0 Å². The van der Waals surface area contributed by atoms with Crippen molar-refractivity contribution >= 4 is 16.9 Å². The van der Waals surface area contributed by atoms with Crippen molar-refractivity contribution in [2.24, 2.45) is 5.92 Å². The van der Waals surface area contributed by atoms with Gasteiger partial charge in [-0.05, 0) is 24.6 Å². The molecule has 0 unspecified atom stereocenters. The molecule has 1 rings (SSSR count). The van der Waals surface area contributed by atoms with Gasteiger partial charge in [-0.2, -0.15) is 0 Å². The average molecular weight is 413 g/mol. The van der Waals surface area contributed by atoms with E-state index in [2.05, 4.69) is 88.3 Å².